The number of fused-ring (bicyclic) bond motifs is 1. The van der Waals surface area contributed by atoms with Crippen molar-refractivity contribution in [2.24, 2.45) is 11.8 Å². The van der Waals surface area contributed by atoms with Crippen LogP contribution in [0.1, 0.15) is 47.7 Å². The summed E-state index contributed by atoms with van der Waals surface area (Å²) >= 11 is 0. The normalized spacial score (nSPS) is 25.2. The van der Waals surface area contributed by atoms with Crippen molar-refractivity contribution in [3.05, 3.63) is 34.9 Å². The Morgan fingerprint density at radius 1 is 1.40 bits per heavy atom. The van der Waals surface area contributed by atoms with Gasteiger partial charge in [-0.05, 0) is 54.8 Å². The zero-order valence-electron chi connectivity index (χ0n) is 12.2. The average Bonchev–Trinajstić information content (AvgIpc) is 2.90. The summed E-state index contributed by atoms with van der Waals surface area (Å²) in [6.07, 6.45) is 4.79. The van der Waals surface area contributed by atoms with Crippen LogP contribution in [0, 0.1) is 11.8 Å². The molecule has 1 heterocycles. The van der Waals surface area contributed by atoms with E-state index >= 15 is 0 Å². The molecule has 3 nitrogen and oxygen atoms in total. The number of benzene rings is 1. The highest BCUT2D eigenvalue weighted by Crippen LogP contribution is 2.29. The van der Waals surface area contributed by atoms with Crippen molar-refractivity contribution < 1.29 is 4.79 Å². The van der Waals surface area contributed by atoms with E-state index in [1.165, 1.54) is 30.4 Å². The molecular formula is C17H24N2O. The lowest BCUT2D eigenvalue weighted by atomic mass is 9.95. The zero-order valence-corrected chi connectivity index (χ0v) is 12.2. The van der Waals surface area contributed by atoms with E-state index in [1.54, 1.807) is 0 Å². The molecule has 1 aromatic carbocycles. The van der Waals surface area contributed by atoms with Crippen LogP contribution in [0.5, 0.6) is 0 Å². The second-order valence-electron chi connectivity index (χ2n) is 6.36. The fourth-order valence-electron chi connectivity index (χ4n) is 3.59. The first kappa shape index (κ1) is 13.6. The van der Waals surface area contributed by atoms with Gasteiger partial charge in [0.05, 0.1) is 0 Å². The Kier molecular flexibility index (Phi) is 4.06. The number of amides is 1. The molecule has 2 atom stereocenters. The van der Waals surface area contributed by atoms with Crippen LogP contribution >= 0.6 is 0 Å². The van der Waals surface area contributed by atoms with Crippen LogP contribution in [0.25, 0.3) is 0 Å². The molecule has 2 unspecified atom stereocenters. The second-order valence-corrected chi connectivity index (χ2v) is 6.36. The lowest BCUT2D eigenvalue weighted by Gasteiger charge is -2.20. The van der Waals surface area contributed by atoms with Crippen LogP contribution in [-0.4, -0.2) is 19.0 Å². The Morgan fingerprint density at radius 2 is 2.30 bits per heavy atom. The van der Waals surface area contributed by atoms with Gasteiger partial charge in [-0.1, -0.05) is 25.5 Å². The second kappa shape index (κ2) is 5.96. The summed E-state index contributed by atoms with van der Waals surface area (Å²) in [5.74, 6) is 1.62. The lowest BCUT2D eigenvalue weighted by molar-refractivity contribution is 0.0946. The Balaban J connectivity index is 1.65. The third-order valence-corrected chi connectivity index (χ3v) is 4.74. The summed E-state index contributed by atoms with van der Waals surface area (Å²) in [5, 5.41) is 6.51. The molecule has 0 radical (unpaired) electrons. The maximum absolute atomic E-state index is 12.4. The van der Waals surface area contributed by atoms with E-state index in [0.717, 1.165) is 37.5 Å². The number of nitrogens with one attached hydrogen (secondary N) is 2. The summed E-state index contributed by atoms with van der Waals surface area (Å²) in [6, 6.07) is 6.09. The molecule has 1 aliphatic heterocycles. The van der Waals surface area contributed by atoms with Crippen LogP contribution < -0.4 is 10.6 Å². The first-order chi connectivity index (χ1) is 9.74. The Morgan fingerprint density at radius 3 is 3.10 bits per heavy atom. The molecule has 2 N–H and O–H groups in total. The van der Waals surface area contributed by atoms with Gasteiger partial charge in [-0.25, -0.2) is 0 Å². The number of hydrogen-bond acceptors (Lipinski definition) is 2. The Bertz CT molecular complexity index is 498. The number of hydrogen-bond donors (Lipinski definition) is 2. The Hall–Kier alpha value is -1.35. The van der Waals surface area contributed by atoms with E-state index in [4.69, 9.17) is 0 Å². The molecule has 1 fully saturated rings. The monoisotopic (exact) mass is 272 g/mol. The molecule has 1 aliphatic carbocycles. The fourth-order valence-corrected chi connectivity index (χ4v) is 3.59. The quantitative estimate of drug-likeness (QED) is 0.887. The van der Waals surface area contributed by atoms with Gasteiger partial charge in [-0.3, -0.25) is 4.79 Å². The van der Waals surface area contributed by atoms with Crippen LogP contribution in [0.3, 0.4) is 0 Å². The highest BCUT2D eigenvalue weighted by Gasteiger charge is 2.23. The maximum atomic E-state index is 12.4. The van der Waals surface area contributed by atoms with Crippen molar-refractivity contribution in [2.75, 3.05) is 13.1 Å². The summed E-state index contributed by atoms with van der Waals surface area (Å²) < 4.78 is 0. The smallest absolute Gasteiger partial charge is 0.251 e. The van der Waals surface area contributed by atoms with Crippen molar-refractivity contribution in [1.29, 1.82) is 0 Å². The molecule has 2 aliphatic rings. The van der Waals surface area contributed by atoms with E-state index in [1.807, 2.05) is 12.1 Å². The topological polar surface area (TPSA) is 41.1 Å². The first-order valence-corrected chi connectivity index (χ1v) is 7.83. The van der Waals surface area contributed by atoms with Gasteiger partial charge in [0.2, 0.25) is 0 Å². The highest BCUT2D eigenvalue weighted by atomic mass is 16.1. The van der Waals surface area contributed by atoms with Gasteiger partial charge in [0.15, 0.2) is 0 Å². The van der Waals surface area contributed by atoms with Crippen molar-refractivity contribution >= 4 is 5.91 Å². The Labute approximate surface area is 121 Å². The zero-order chi connectivity index (χ0) is 13.9. The summed E-state index contributed by atoms with van der Waals surface area (Å²) in [7, 11) is 0. The standard InChI is InChI=1S/C17H24N2O/c1-12-5-6-13(9-12)10-19-17(20)16-4-2-3-14-11-18-8-7-15(14)16/h2-4,12-13,18H,5-11H2,1H3,(H,19,20). The number of carbonyl (C=O) groups excluding carboxylic acids is 1. The molecule has 0 spiro atoms. The minimum absolute atomic E-state index is 0.114. The van der Waals surface area contributed by atoms with E-state index in [2.05, 4.69) is 23.6 Å². The highest BCUT2D eigenvalue weighted by molar-refractivity contribution is 5.96. The molecule has 1 saturated carbocycles. The SMILES string of the molecule is CC1CCC(CNC(=O)c2cccc3c2CCNC3)C1. The third-order valence-electron chi connectivity index (χ3n) is 4.74. The maximum Gasteiger partial charge on any atom is 0.251 e. The first-order valence-electron chi connectivity index (χ1n) is 7.83. The summed E-state index contributed by atoms with van der Waals surface area (Å²) in [5.41, 5.74) is 3.40. The molecule has 0 bridgehead atoms. The predicted molar refractivity (Wildman–Crippen MR) is 80.7 cm³/mol. The van der Waals surface area contributed by atoms with Gasteiger partial charge in [0.25, 0.3) is 5.91 Å². The van der Waals surface area contributed by atoms with Crippen LogP contribution in [-0.2, 0) is 13.0 Å². The van der Waals surface area contributed by atoms with Crippen LogP contribution in [0.15, 0.2) is 18.2 Å². The van der Waals surface area contributed by atoms with Gasteiger partial charge in [0, 0.05) is 18.7 Å². The van der Waals surface area contributed by atoms with Crippen LogP contribution in [0.4, 0.5) is 0 Å². The molecule has 1 amide bonds. The molecule has 3 rings (SSSR count). The minimum Gasteiger partial charge on any atom is -0.352 e. The summed E-state index contributed by atoms with van der Waals surface area (Å²) in [4.78, 5) is 12.4. The van der Waals surface area contributed by atoms with E-state index in [-0.39, 0.29) is 5.91 Å². The van der Waals surface area contributed by atoms with Crippen molar-refractivity contribution in [2.45, 2.75) is 39.2 Å². The van der Waals surface area contributed by atoms with Gasteiger partial charge in [-0.2, -0.15) is 0 Å². The van der Waals surface area contributed by atoms with Gasteiger partial charge in [0.1, 0.15) is 0 Å². The molecule has 0 aromatic heterocycles. The van der Waals surface area contributed by atoms with E-state index in [9.17, 15) is 4.79 Å². The molecule has 108 valence electrons. The van der Waals surface area contributed by atoms with Gasteiger partial charge in [-0.15, -0.1) is 0 Å². The van der Waals surface area contributed by atoms with Gasteiger partial charge >= 0.3 is 0 Å². The molecular weight excluding hydrogens is 248 g/mol. The van der Waals surface area contributed by atoms with Crippen molar-refractivity contribution in [3.8, 4) is 0 Å². The van der Waals surface area contributed by atoms with E-state index in [0.29, 0.717) is 5.92 Å². The van der Waals surface area contributed by atoms with Crippen molar-refractivity contribution in [1.82, 2.24) is 10.6 Å². The van der Waals surface area contributed by atoms with Crippen molar-refractivity contribution in [3.63, 3.8) is 0 Å². The predicted octanol–water partition coefficient (Wildman–Crippen LogP) is 2.50. The molecule has 0 saturated heterocycles. The molecule has 20 heavy (non-hydrogen) atoms. The minimum atomic E-state index is 0.114. The fraction of sp³-hybridized carbons (Fsp3) is 0.588. The molecule has 3 heteroatoms. The largest absolute Gasteiger partial charge is 0.352 e. The summed E-state index contributed by atoms with van der Waals surface area (Å²) in [6.45, 7) is 5.00. The molecule has 1 aromatic rings. The van der Waals surface area contributed by atoms with Gasteiger partial charge < -0.3 is 10.6 Å². The van der Waals surface area contributed by atoms with E-state index < -0.39 is 0 Å². The van der Waals surface area contributed by atoms with Crippen LogP contribution in [0.2, 0.25) is 0 Å². The number of carbonyl (C=O) groups is 1. The number of rotatable bonds is 3. The average molecular weight is 272 g/mol. The lowest BCUT2D eigenvalue weighted by Crippen LogP contribution is -2.31. The third kappa shape index (κ3) is 2.88.